The van der Waals surface area contributed by atoms with E-state index >= 15 is 0 Å². The van der Waals surface area contributed by atoms with Crippen molar-refractivity contribution in [2.45, 2.75) is 25.2 Å². The van der Waals surface area contributed by atoms with Crippen molar-refractivity contribution >= 4 is 11.9 Å². The van der Waals surface area contributed by atoms with Crippen LogP contribution in [-0.4, -0.2) is 43.1 Å². The first kappa shape index (κ1) is 19.1. The summed E-state index contributed by atoms with van der Waals surface area (Å²) in [6, 6.07) is 8.56. The van der Waals surface area contributed by atoms with Gasteiger partial charge in [0.15, 0.2) is 0 Å². The van der Waals surface area contributed by atoms with Gasteiger partial charge in [-0.2, -0.15) is 0 Å². The molecule has 0 bridgehead atoms. The Bertz CT molecular complexity index is 757. The minimum Gasteiger partial charge on any atom is -0.466 e. The van der Waals surface area contributed by atoms with E-state index in [9.17, 15) is 14.7 Å². The van der Waals surface area contributed by atoms with Crippen LogP contribution in [0.4, 0.5) is 0 Å². The van der Waals surface area contributed by atoms with Gasteiger partial charge in [-0.25, -0.2) is 4.79 Å². The Balaban J connectivity index is 1.71. The van der Waals surface area contributed by atoms with E-state index in [1.54, 1.807) is 0 Å². The number of carbonyl (C=O) groups is 2. The molecule has 0 saturated heterocycles. The Morgan fingerprint density at radius 1 is 1.33 bits per heavy atom. The summed E-state index contributed by atoms with van der Waals surface area (Å²) in [5.41, 5.74) is 7.94. The lowest BCUT2D eigenvalue weighted by Crippen LogP contribution is -2.43. The number of fused-ring (bicyclic) bond motifs is 1. The van der Waals surface area contributed by atoms with Gasteiger partial charge < -0.3 is 25.1 Å². The topological polar surface area (TPSA) is 108 Å². The second-order valence-electron chi connectivity index (χ2n) is 6.61. The van der Waals surface area contributed by atoms with Crippen LogP contribution < -0.4 is 5.73 Å². The Kier molecular flexibility index (Phi) is 5.93. The maximum absolute atomic E-state index is 12.4. The van der Waals surface area contributed by atoms with Gasteiger partial charge in [0.1, 0.15) is 6.04 Å². The number of ether oxygens (including phenoxy) is 3. The van der Waals surface area contributed by atoms with Crippen molar-refractivity contribution < 1.29 is 28.9 Å². The van der Waals surface area contributed by atoms with Crippen LogP contribution in [0.25, 0.3) is 0 Å². The normalized spacial score (nSPS) is 24.8. The number of aliphatic hydroxyl groups excluding tert-OH is 1. The highest BCUT2D eigenvalue weighted by atomic mass is 16.7. The SMILES string of the molecule is COC(=O)C1=CO[C@@H](OC(=O)C(N)Cc2ccccc2)[C@@H]2C(CO)=CC[C@H]12. The highest BCUT2D eigenvalue weighted by Crippen LogP contribution is 2.43. The highest BCUT2D eigenvalue weighted by Gasteiger charge is 2.46. The fourth-order valence-corrected chi connectivity index (χ4v) is 3.56. The predicted molar refractivity (Wildman–Crippen MR) is 96.0 cm³/mol. The molecule has 3 N–H and O–H groups in total. The van der Waals surface area contributed by atoms with Crippen molar-refractivity contribution in [2.75, 3.05) is 13.7 Å². The molecule has 1 unspecified atom stereocenters. The van der Waals surface area contributed by atoms with Gasteiger partial charge in [0.2, 0.25) is 0 Å². The summed E-state index contributed by atoms with van der Waals surface area (Å²) in [7, 11) is 1.29. The second kappa shape index (κ2) is 8.37. The predicted octanol–water partition coefficient (Wildman–Crippen LogP) is 1.07. The molecule has 4 atom stereocenters. The molecular formula is C20H23NO6. The van der Waals surface area contributed by atoms with Crippen LogP contribution in [0.1, 0.15) is 12.0 Å². The molecule has 1 aliphatic heterocycles. The van der Waals surface area contributed by atoms with Crippen LogP contribution in [0, 0.1) is 11.8 Å². The molecule has 0 aromatic heterocycles. The van der Waals surface area contributed by atoms with Crippen molar-refractivity contribution in [1.82, 2.24) is 0 Å². The molecule has 1 aromatic rings. The molecule has 144 valence electrons. The monoisotopic (exact) mass is 373 g/mol. The van der Waals surface area contributed by atoms with E-state index in [0.717, 1.165) is 5.56 Å². The highest BCUT2D eigenvalue weighted by molar-refractivity contribution is 5.89. The van der Waals surface area contributed by atoms with Gasteiger partial charge in [-0.05, 0) is 24.0 Å². The first-order valence-corrected chi connectivity index (χ1v) is 8.78. The largest absolute Gasteiger partial charge is 0.466 e. The van der Waals surface area contributed by atoms with Gasteiger partial charge in [-0.3, -0.25) is 4.79 Å². The standard InChI is InChI=1S/C20H23NO6/c1-25-18(23)15-11-26-20(17-13(10-22)7-8-14(15)17)27-19(24)16(21)9-12-5-3-2-4-6-12/h2-7,11,14,16-17,20,22H,8-10,21H2,1H3/t14-,16?,17-,20+/m1/s1. The molecule has 1 aromatic carbocycles. The number of hydrogen-bond donors (Lipinski definition) is 2. The average molecular weight is 373 g/mol. The quantitative estimate of drug-likeness (QED) is 0.567. The van der Waals surface area contributed by atoms with Gasteiger partial charge in [-0.1, -0.05) is 36.4 Å². The van der Waals surface area contributed by atoms with Crippen LogP contribution in [0.2, 0.25) is 0 Å². The smallest absolute Gasteiger partial charge is 0.337 e. The fraction of sp³-hybridized carbons (Fsp3) is 0.400. The molecule has 0 amide bonds. The molecule has 0 saturated carbocycles. The molecule has 3 rings (SSSR count). The van der Waals surface area contributed by atoms with Gasteiger partial charge >= 0.3 is 11.9 Å². The van der Waals surface area contributed by atoms with E-state index < -0.39 is 30.2 Å². The average Bonchev–Trinajstić information content (AvgIpc) is 3.13. The number of aliphatic hydroxyl groups is 1. The summed E-state index contributed by atoms with van der Waals surface area (Å²) in [6.45, 7) is -0.205. The van der Waals surface area contributed by atoms with Crippen molar-refractivity contribution in [3.05, 3.63) is 59.4 Å². The minimum atomic E-state index is -0.946. The number of benzene rings is 1. The molecule has 7 nitrogen and oxygen atoms in total. The number of esters is 2. The second-order valence-corrected chi connectivity index (χ2v) is 6.61. The zero-order valence-corrected chi connectivity index (χ0v) is 15.0. The third kappa shape index (κ3) is 4.04. The summed E-state index contributed by atoms with van der Waals surface area (Å²) >= 11 is 0. The molecule has 7 heteroatoms. The zero-order valence-electron chi connectivity index (χ0n) is 15.0. The molecule has 1 aliphatic carbocycles. The van der Waals surface area contributed by atoms with Crippen LogP contribution in [0.5, 0.6) is 0 Å². The van der Waals surface area contributed by atoms with Gasteiger partial charge in [0, 0.05) is 5.92 Å². The van der Waals surface area contributed by atoms with Crippen molar-refractivity contribution in [3.63, 3.8) is 0 Å². The van der Waals surface area contributed by atoms with Gasteiger partial charge in [-0.15, -0.1) is 0 Å². The first-order chi connectivity index (χ1) is 13.0. The summed E-state index contributed by atoms with van der Waals surface area (Å²) in [4.78, 5) is 24.4. The summed E-state index contributed by atoms with van der Waals surface area (Å²) in [5, 5.41) is 9.62. The zero-order chi connectivity index (χ0) is 19.4. The number of carbonyl (C=O) groups excluding carboxylic acids is 2. The Morgan fingerprint density at radius 2 is 2.07 bits per heavy atom. The number of methoxy groups -OCH3 is 1. The van der Waals surface area contributed by atoms with Crippen molar-refractivity contribution in [2.24, 2.45) is 17.6 Å². The third-order valence-corrected chi connectivity index (χ3v) is 4.95. The van der Waals surface area contributed by atoms with Crippen LogP contribution in [0.15, 0.2) is 53.8 Å². The van der Waals surface area contributed by atoms with E-state index in [4.69, 9.17) is 19.9 Å². The molecular weight excluding hydrogens is 350 g/mol. The van der Waals surface area contributed by atoms with Crippen LogP contribution in [0.3, 0.4) is 0 Å². The van der Waals surface area contributed by atoms with Gasteiger partial charge in [0.05, 0.1) is 31.5 Å². The molecule has 27 heavy (non-hydrogen) atoms. The van der Waals surface area contributed by atoms with E-state index in [2.05, 4.69) is 0 Å². The minimum absolute atomic E-state index is 0.205. The van der Waals surface area contributed by atoms with Gasteiger partial charge in [0.25, 0.3) is 6.29 Å². The summed E-state index contributed by atoms with van der Waals surface area (Å²) in [5.74, 6) is -1.80. The van der Waals surface area contributed by atoms with E-state index in [-0.39, 0.29) is 12.5 Å². The first-order valence-electron chi connectivity index (χ1n) is 8.78. The maximum Gasteiger partial charge on any atom is 0.337 e. The number of nitrogens with two attached hydrogens (primary N) is 1. The van der Waals surface area contributed by atoms with Crippen molar-refractivity contribution in [1.29, 1.82) is 0 Å². The maximum atomic E-state index is 12.4. The molecule has 0 fully saturated rings. The van der Waals surface area contributed by atoms with Crippen LogP contribution in [-0.2, 0) is 30.2 Å². The Hall–Kier alpha value is -2.64. The van der Waals surface area contributed by atoms with Crippen molar-refractivity contribution in [3.8, 4) is 0 Å². The van der Waals surface area contributed by atoms with E-state index in [0.29, 0.717) is 24.0 Å². The number of hydrogen-bond acceptors (Lipinski definition) is 7. The lowest BCUT2D eigenvalue weighted by Gasteiger charge is -2.34. The number of allylic oxidation sites excluding steroid dienone is 1. The number of rotatable bonds is 6. The van der Waals surface area contributed by atoms with E-state index in [1.807, 2.05) is 36.4 Å². The molecule has 1 heterocycles. The molecule has 2 aliphatic rings. The Labute approximate surface area is 157 Å². The summed E-state index contributed by atoms with van der Waals surface area (Å²) < 4.78 is 15.8. The molecule has 0 radical (unpaired) electrons. The lowest BCUT2D eigenvalue weighted by atomic mass is 9.83. The van der Waals surface area contributed by atoms with E-state index in [1.165, 1.54) is 13.4 Å². The fourth-order valence-electron chi connectivity index (χ4n) is 3.56. The van der Waals surface area contributed by atoms with Crippen LogP contribution >= 0.6 is 0 Å². The summed E-state index contributed by atoms with van der Waals surface area (Å²) in [6.07, 6.45) is 3.05. The third-order valence-electron chi connectivity index (χ3n) is 4.95. The lowest BCUT2D eigenvalue weighted by molar-refractivity contribution is -0.184. The molecule has 0 spiro atoms. The Morgan fingerprint density at radius 3 is 2.74 bits per heavy atom.